The van der Waals surface area contributed by atoms with Crippen LogP contribution in [0.5, 0.6) is 5.75 Å². The van der Waals surface area contributed by atoms with Crippen molar-refractivity contribution in [3.8, 4) is 5.75 Å². The van der Waals surface area contributed by atoms with Crippen molar-refractivity contribution in [2.45, 2.75) is 49.9 Å². The van der Waals surface area contributed by atoms with Crippen LogP contribution in [0.2, 0.25) is 0 Å². The Morgan fingerprint density at radius 3 is 2.70 bits per heavy atom. The van der Waals surface area contributed by atoms with Gasteiger partial charge in [-0.2, -0.15) is 0 Å². The Hall–Kier alpha value is -2.52. The van der Waals surface area contributed by atoms with Crippen LogP contribution in [0.3, 0.4) is 0 Å². The Morgan fingerprint density at radius 2 is 2.13 bits per heavy atom. The minimum atomic E-state index is -0.890. The van der Waals surface area contributed by atoms with Crippen molar-refractivity contribution in [1.82, 2.24) is 4.90 Å². The molecule has 0 bridgehead atoms. The molecular formula is C21H24FN3O5. The van der Waals surface area contributed by atoms with Gasteiger partial charge in [0.05, 0.1) is 23.5 Å². The molecule has 1 aromatic carbocycles. The van der Waals surface area contributed by atoms with Crippen molar-refractivity contribution >= 4 is 29.6 Å². The zero-order valence-corrected chi connectivity index (χ0v) is 16.7. The molecule has 4 aliphatic rings. The highest BCUT2D eigenvalue weighted by molar-refractivity contribution is 6.11. The van der Waals surface area contributed by atoms with Gasteiger partial charge in [0.15, 0.2) is 11.4 Å². The van der Waals surface area contributed by atoms with Crippen molar-refractivity contribution in [3.63, 3.8) is 0 Å². The van der Waals surface area contributed by atoms with Gasteiger partial charge in [-0.25, -0.2) is 9.29 Å². The molecule has 2 aliphatic heterocycles. The highest BCUT2D eigenvalue weighted by Gasteiger charge is 2.58. The van der Waals surface area contributed by atoms with Gasteiger partial charge in [-0.15, -0.1) is 0 Å². The summed E-state index contributed by atoms with van der Waals surface area (Å²) in [6, 6.07) is 1.79. The summed E-state index contributed by atoms with van der Waals surface area (Å²) < 4.78 is 20.9. The number of likely N-dealkylation sites (tertiary alicyclic amines) is 1. The smallest absolute Gasteiger partial charge is 0.271 e. The third kappa shape index (κ3) is 3.07. The Balaban J connectivity index is 1.51. The second kappa shape index (κ2) is 6.75. The number of aliphatic hydroxyl groups is 1. The standard InChI is InChI=1S/C21H24FN3O5/c1-23-10-13(27)6-17(23)19(28)25(11-26)15-8-16-18(7-14(15)22)30-21(4-5-21)20(29)24(16)9-12-2-3-12/h7-8,11-13,17,27H,2-6,9-10H2,1H3. The van der Waals surface area contributed by atoms with Crippen molar-refractivity contribution in [2.24, 2.45) is 5.92 Å². The molecule has 1 saturated heterocycles. The van der Waals surface area contributed by atoms with Gasteiger partial charge in [0.1, 0.15) is 5.75 Å². The van der Waals surface area contributed by atoms with Crippen LogP contribution in [0, 0.1) is 11.7 Å². The van der Waals surface area contributed by atoms with Gasteiger partial charge in [0.2, 0.25) is 6.41 Å². The number of β-amino-alcohol motifs (C(OH)–C–C–N with tert-alkyl or cyclic N) is 1. The Kier molecular flexibility index (Phi) is 4.37. The maximum Gasteiger partial charge on any atom is 0.271 e. The largest absolute Gasteiger partial charge is 0.475 e. The van der Waals surface area contributed by atoms with Gasteiger partial charge >= 0.3 is 0 Å². The summed E-state index contributed by atoms with van der Waals surface area (Å²) in [6.07, 6.45) is 3.05. The van der Waals surface area contributed by atoms with Gasteiger partial charge in [0.25, 0.3) is 11.8 Å². The van der Waals surface area contributed by atoms with Gasteiger partial charge in [-0.1, -0.05) is 0 Å². The van der Waals surface area contributed by atoms with E-state index in [1.807, 2.05) is 0 Å². The number of anilines is 2. The predicted molar refractivity (Wildman–Crippen MR) is 105 cm³/mol. The number of hydrogen-bond acceptors (Lipinski definition) is 6. The molecule has 1 N–H and O–H groups in total. The summed E-state index contributed by atoms with van der Waals surface area (Å²) >= 11 is 0. The first-order chi connectivity index (χ1) is 14.3. The van der Waals surface area contributed by atoms with Crippen molar-refractivity contribution in [2.75, 3.05) is 29.9 Å². The molecule has 2 heterocycles. The number of aliphatic hydroxyl groups excluding tert-OH is 1. The monoisotopic (exact) mass is 417 g/mol. The number of rotatable bonds is 5. The average Bonchev–Trinajstić information content (AvgIpc) is 3.62. The predicted octanol–water partition coefficient (Wildman–Crippen LogP) is 1.05. The summed E-state index contributed by atoms with van der Waals surface area (Å²) in [4.78, 5) is 41.8. The number of imide groups is 1. The minimum absolute atomic E-state index is 0.137. The van der Waals surface area contributed by atoms with Crippen molar-refractivity contribution in [3.05, 3.63) is 17.9 Å². The fourth-order valence-corrected chi connectivity index (χ4v) is 4.44. The number of benzene rings is 1. The Morgan fingerprint density at radius 1 is 1.40 bits per heavy atom. The fourth-order valence-electron chi connectivity index (χ4n) is 4.44. The van der Waals surface area contributed by atoms with E-state index >= 15 is 4.39 Å². The van der Waals surface area contributed by atoms with Gasteiger partial charge in [-0.3, -0.25) is 19.3 Å². The van der Waals surface area contributed by atoms with Crippen LogP contribution in [-0.4, -0.2) is 66.1 Å². The lowest BCUT2D eigenvalue weighted by molar-refractivity contribution is -0.128. The van der Waals surface area contributed by atoms with Crippen LogP contribution in [0.15, 0.2) is 12.1 Å². The molecule has 8 nitrogen and oxygen atoms in total. The van der Waals surface area contributed by atoms with Crippen molar-refractivity contribution < 1.29 is 28.6 Å². The van der Waals surface area contributed by atoms with E-state index in [0.29, 0.717) is 37.5 Å². The van der Waals surface area contributed by atoms with E-state index in [4.69, 9.17) is 4.74 Å². The molecule has 0 aromatic heterocycles. The number of carbonyl (C=O) groups excluding carboxylic acids is 3. The molecule has 5 rings (SSSR count). The molecule has 2 atom stereocenters. The zero-order valence-electron chi connectivity index (χ0n) is 16.7. The van der Waals surface area contributed by atoms with E-state index in [0.717, 1.165) is 23.8 Å². The summed E-state index contributed by atoms with van der Waals surface area (Å²) in [5.74, 6) is -0.852. The molecule has 9 heteroatoms. The van der Waals surface area contributed by atoms with E-state index in [-0.39, 0.29) is 30.2 Å². The number of likely N-dealkylation sites (N-methyl/N-ethyl adjacent to an activating group) is 1. The molecule has 160 valence electrons. The molecule has 2 aliphatic carbocycles. The normalized spacial score (nSPS) is 27.0. The SMILES string of the molecule is CN1CC(O)CC1C(=O)N(C=O)c1cc2c(cc1F)OC1(CC1)C(=O)N2CC1CC1. The summed E-state index contributed by atoms with van der Waals surface area (Å²) in [6.45, 7) is 0.823. The van der Waals surface area contributed by atoms with E-state index in [2.05, 4.69) is 0 Å². The third-order valence-corrected chi connectivity index (χ3v) is 6.51. The lowest BCUT2D eigenvalue weighted by atomic mass is 10.1. The minimum Gasteiger partial charge on any atom is -0.475 e. The average molecular weight is 417 g/mol. The van der Waals surface area contributed by atoms with Crippen LogP contribution < -0.4 is 14.5 Å². The molecule has 3 amide bonds. The molecule has 0 radical (unpaired) electrons. The van der Waals surface area contributed by atoms with Gasteiger partial charge in [-0.05, 0) is 38.3 Å². The summed E-state index contributed by atoms with van der Waals surface area (Å²) in [5, 5.41) is 9.83. The molecule has 2 saturated carbocycles. The lowest BCUT2D eigenvalue weighted by Crippen LogP contribution is -2.49. The number of fused-ring (bicyclic) bond motifs is 1. The number of carbonyl (C=O) groups is 3. The second-order valence-corrected chi connectivity index (χ2v) is 8.89. The van der Waals surface area contributed by atoms with Crippen molar-refractivity contribution in [1.29, 1.82) is 0 Å². The quantitative estimate of drug-likeness (QED) is 0.721. The maximum absolute atomic E-state index is 15.0. The van der Waals surface area contributed by atoms with E-state index < -0.39 is 29.5 Å². The molecule has 30 heavy (non-hydrogen) atoms. The van der Waals surface area contributed by atoms with Gasteiger partial charge < -0.3 is 14.7 Å². The third-order valence-electron chi connectivity index (χ3n) is 6.51. The molecular weight excluding hydrogens is 393 g/mol. The number of amides is 3. The molecule has 3 fully saturated rings. The summed E-state index contributed by atoms with van der Waals surface area (Å²) in [5.41, 5.74) is -0.716. The van der Waals surface area contributed by atoms with Crippen LogP contribution in [-0.2, 0) is 14.4 Å². The highest BCUT2D eigenvalue weighted by atomic mass is 19.1. The number of ether oxygens (including phenoxy) is 1. The number of nitrogens with zero attached hydrogens (tertiary/aromatic N) is 3. The molecule has 1 aromatic rings. The summed E-state index contributed by atoms with van der Waals surface area (Å²) in [7, 11) is 1.67. The second-order valence-electron chi connectivity index (χ2n) is 8.89. The van der Waals surface area contributed by atoms with Crippen LogP contribution >= 0.6 is 0 Å². The van der Waals surface area contributed by atoms with Crippen LogP contribution in [0.1, 0.15) is 32.1 Å². The van der Waals surface area contributed by atoms with E-state index in [9.17, 15) is 19.5 Å². The van der Waals surface area contributed by atoms with Gasteiger partial charge in [0, 0.05) is 32.0 Å². The van der Waals surface area contributed by atoms with Crippen LogP contribution in [0.25, 0.3) is 0 Å². The van der Waals surface area contributed by atoms with E-state index in [1.165, 1.54) is 6.07 Å². The number of halogens is 1. The maximum atomic E-state index is 15.0. The molecule has 2 unspecified atom stereocenters. The van der Waals surface area contributed by atoms with E-state index in [1.54, 1.807) is 16.8 Å². The first-order valence-corrected chi connectivity index (χ1v) is 10.3. The first-order valence-electron chi connectivity index (χ1n) is 10.3. The zero-order chi connectivity index (χ0) is 21.2. The fraction of sp³-hybridized carbons (Fsp3) is 0.571. The lowest BCUT2D eigenvalue weighted by Gasteiger charge is -2.36. The number of hydrogen-bond donors (Lipinski definition) is 1. The topological polar surface area (TPSA) is 90.4 Å². The highest BCUT2D eigenvalue weighted by Crippen LogP contribution is 2.51. The first kappa shape index (κ1) is 19.4. The molecule has 1 spiro atoms. The van der Waals surface area contributed by atoms with Crippen LogP contribution in [0.4, 0.5) is 15.8 Å². The Labute approximate surface area is 173 Å². The Bertz CT molecular complexity index is 929.